The number of benzene rings is 2. The number of carbonyl (C=O) groups excluding carboxylic acids is 1. The normalized spacial score (nSPS) is 15.8. The zero-order valence-corrected chi connectivity index (χ0v) is 17.2. The Kier molecular flexibility index (Phi) is 6.06. The largest absolute Gasteiger partial charge is 0.322 e. The molecule has 1 aliphatic heterocycles. The molecule has 1 heterocycles. The monoisotopic (exact) mass is 435 g/mol. The van der Waals surface area contributed by atoms with Gasteiger partial charge in [-0.15, -0.1) is 6.58 Å². The van der Waals surface area contributed by atoms with Gasteiger partial charge in [0.05, 0.1) is 16.3 Å². The molecule has 29 heavy (non-hydrogen) atoms. The molecule has 0 spiro atoms. The second kappa shape index (κ2) is 8.36. The van der Waals surface area contributed by atoms with Crippen molar-refractivity contribution in [1.29, 1.82) is 0 Å². The highest BCUT2D eigenvalue weighted by Gasteiger charge is 2.28. The lowest BCUT2D eigenvalue weighted by atomic mass is 10.2. The average Bonchev–Trinajstić information content (AvgIpc) is 3.06. The first kappa shape index (κ1) is 21.0. The minimum Gasteiger partial charge on any atom is -0.322 e. The lowest BCUT2D eigenvalue weighted by Crippen LogP contribution is -2.25. The van der Waals surface area contributed by atoms with Gasteiger partial charge in [0.1, 0.15) is 0 Å². The van der Waals surface area contributed by atoms with Gasteiger partial charge in [-0.2, -0.15) is 0 Å². The average molecular weight is 436 g/mol. The zero-order chi connectivity index (χ0) is 21.1. The SMILES string of the molecule is C=CCNS(=O)(=O)c1cccc(C(=O)Nc2ccc(N3CCCS3(=O)=O)cc2)c1. The molecule has 8 nitrogen and oxygen atoms in total. The molecule has 1 saturated heterocycles. The van der Waals surface area contributed by atoms with Gasteiger partial charge >= 0.3 is 0 Å². The highest BCUT2D eigenvalue weighted by atomic mass is 32.2. The summed E-state index contributed by atoms with van der Waals surface area (Å²) >= 11 is 0. The van der Waals surface area contributed by atoms with Crippen LogP contribution in [0.5, 0.6) is 0 Å². The van der Waals surface area contributed by atoms with E-state index in [-0.39, 0.29) is 22.8 Å². The third kappa shape index (κ3) is 4.84. The van der Waals surface area contributed by atoms with Crippen molar-refractivity contribution >= 4 is 37.3 Å². The second-order valence-electron chi connectivity index (χ2n) is 6.41. The summed E-state index contributed by atoms with van der Waals surface area (Å²) in [5, 5.41) is 2.68. The van der Waals surface area contributed by atoms with Gasteiger partial charge < -0.3 is 5.32 Å². The summed E-state index contributed by atoms with van der Waals surface area (Å²) in [5.41, 5.74) is 1.19. The van der Waals surface area contributed by atoms with Crippen LogP contribution in [-0.4, -0.2) is 41.6 Å². The van der Waals surface area contributed by atoms with Crippen LogP contribution < -0.4 is 14.3 Å². The van der Waals surface area contributed by atoms with Gasteiger partial charge in [-0.1, -0.05) is 12.1 Å². The predicted molar refractivity (Wildman–Crippen MR) is 112 cm³/mol. The summed E-state index contributed by atoms with van der Waals surface area (Å²) < 4.78 is 52.1. The van der Waals surface area contributed by atoms with Crippen LogP contribution in [0.1, 0.15) is 16.8 Å². The molecular weight excluding hydrogens is 414 g/mol. The maximum absolute atomic E-state index is 12.5. The molecule has 1 aliphatic rings. The maximum Gasteiger partial charge on any atom is 0.255 e. The number of hydrogen-bond acceptors (Lipinski definition) is 5. The van der Waals surface area contributed by atoms with E-state index in [1.165, 1.54) is 34.6 Å². The van der Waals surface area contributed by atoms with E-state index in [0.717, 1.165) is 0 Å². The van der Waals surface area contributed by atoms with Gasteiger partial charge in [0.25, 0.3) is 5.91 Å². The standard InChI is InChI=1S/C19H21N3O5S2/c1-2-11-20-29(26,27)18-6-3-5-15(14-18)19(23)21-16-7-9-17(10-8-16)22-12-4-13-28(22,24)25/h2-3,5-10,14,20H,1,4,11-13H2,(H,21,23). The highest BCUT2D eigenvalue weighted by Crippen LogP contribution is 2.25. The Hall–Kier alpha value is -2.69. The van der Waals surface area contributed by atoms with E-state index in [9.17, 15) is 21.6 Å². The van der Waals surface area contributed by atoms with Crippen molar-refractivity contribution in [3.05, 3.63) is 66.7 Å². The van der Waals surface area contributed by atoms with Crippen LogP contribution in [-0.2, 0) is 20.0 Å². The molecule has 0 aliphatic carbocycles. The maximum atomic E-state index is 12.5. The van der Waals surface area contributed by atoms with Crippen LogP contribution >= 0.6 is 0 Å². The van der Waals surface area contributed by atoms with E-state index in [1.807, 2.05) is 0 Å². The lowest BCUT2D eigenvalue weighted by molar-refractivity contribution is 0.102. The Morgan fingerprint density at radius 1 is 1.17 bits per heavy atom. The Morgan fingerprint density at radius 2 is 1.90 bits per heavy atom. The number of sulfonamides is 2. The number of nitrogens with one attached hydrogen (secondary N) is 2. The van der Waals surface area contributed by atoms with E-state index in [2.05, 4.69) is 16.6 Å². The number of rotatable bonds is 7. The van der Waals surface area contributed by atoms with Gasteiger partial charge in [-0.25, -0.2) is 21.6 Å². The van der Waals surface area contributed by atoms with E-state index < -0.39 is 26.0 Å². The molecule has 0 unspecified atom stereocenters. The van der Waals surface area contributed by atoms with Crippen molar-refractivity contribution in [3.8, 4) is 0 Å². The topological polar surface area (TPSA) is 113 Å². The van der Waals surface area contributed by atoms with Crippen LogP contribution in [0, 0.1) is 0 Å². The van der Waals surface area contributed by atoms with E-state index >= 15 is 0 Å². The molecule has 3 rings (SSSR count). The van der Waals surface area contributed by atoms with Gasteiger partial charge in [0, 0.05) is 24.3 Å². The summed E-state index contributed by atoms with van der Waals surface area (Å²) in [6.07, 6.45) is 2.01. The van der Waals surface area contributed by atoms with Crippen LogP contribution in [0.3, 0.4) is 0 Å². The van der Waals surface area contributed by atoms with Crippen molar-refractivity contribution in [1.82, 2.24) is 4.72 Å². The number of hydrogen-bond donors (Lipinski definition) is 2. The third-order valence-corrected chi connectivity index (χ3v) is 7.63. The summed E-state index contributed by atoms with van der Waals surface area (Å²) in [5.74, 6) is -0.348. The second-order valence-corrected chi connectivity index (χ2v) is 10.2. The molecule has 2 aromatic carbocycles. The first-order valence-electron chi connectivity index (χ1n) is 8.85. The van der Waals surface area contributed by atoms with E-state index in [0.29, 0.717) is 24.3 Å². The fraction of sp³-hybridized carbons (Fsp3) is 0.211. The Morgan fingerprint density at radius 3 is 2.52 bits per heavy atom. The number of amides is 1. The molecule has 0 saturated carbocycles. The minimum atomic E-state index is -3.74. The van der Waals surface area contributed by atoms with Gasteiger partial charge in [-0.3, -0.25) is 9.10 Å². The molecular formula is C19H21N3O5S2. The molecule has 2 aromatic rings. The molecule has 0 radical (unpaired) electrons. The first-order chi connectivity index (χ1) is 13.7. The highest BCUT2D eigenvalue weighted by molar-refractivity contribution is 7.93. The third-order valence-electron chi connectivity index (χ3n) is 4.34. The molecule has 0 atom stereocenters. The predicted octanol–water partition coefficient (Wildman–Crippen LogP) is 1.94. The fourth-order valence-corrected chi connectivity index (χ4v) is 5.51. The summed E-state index contributed by atoms with van der Waals surface area (Å²) in [4.78, 5) is 12.5. The molecule has 2 N–H and O–H groups in total. The first-order valence-corrected chi connectivity index (χ1v) is 11.9. The van der Waals surface area contributed by atoms with Crippen molar-refractivity contribution in [2.24, 2.45) is 0 Å². The zero-order valence-electron chi connectivity index (χ0n) is 15.5. The van der Waals surface area contributed by atoms with Crippen molar-refractivity contribution in [3.63, 3.8) is 0 Å². The van der Waals surface area contributed by atoms with E-state index in [4.69, 9.17) is 0 Å². The Balaban J connectivity index is 1.74. The number of nitrogens with zero attached hydrogens (tertiary/aromatic N) is 1. The van der Waals surface area contributed by atoms with Crippen LogP contribution in [0.25, 0.3) is 0 Å². The van der Waals surface area contributed by atoms with Crippen molar-refractivity contribution in [2.75, 3.05) is 28.5 Å². The van der Waals surface area contributed by atoms with Crippen LogP contribution in [0.4, 0.5) is 11.4 Å². The molecule has 0 bridgehead atoms. The molecule has 1 amide bonds. The molecule has 10 heteroatoms. The lowest BCUT2D eigenvalue weighted by Gasteiger charge is -2.17. The quantitative estimate of drug-likeness (QED) is 0.646. The van der Waals surface area contributed by atoms with Gasteiger partial charge in [-0.05, 0) is 48.9 Å². The molecule has 1 fully saturated rings. The number of anilines is 2. The Labute approximate surface area is 170 Å². The van der Waals surface area contributed by atoms with E-state index in [1.54, 1.807) is 24.3 Å². The number of carbonyl (C=O) groups is 1. The smallest absolute Gasteiger partial charge is 0.255 e. The van der Waals surface area contributed by atoms with Crippen molar-refractivity contribution in [2.45, 2.75) is 11.3 Å². The Bertz CT molecular complexity index is 1130. The van der Waals surface area contributed by atoms with Crippen LogP contribution in [0.15, 0.2) is 66.1 Å². The van der Waals surface area contributed by atoms with Crippen LogP contribution in [0.2, 0.25) is 0 Å². The summed E-state index contributed by atoms with van der Waals surface area (Å²) in [6.45, 7) is 3.98. The van der Waals surface area contributed by atoms with Crippen molar-refractivity contribution < 1.29 is 21.6 Å². The van der Waals surface area contributed by atoms with Gasteiger partial charge in [0.2, 0.25) is 20.0 Å². The summed E-state index contributed by atoms with van der Waals surface area (Å²) in [7, 11) is -7.01. The molecule has 0 aromatic heterocycles. The minimum absolute atomic E-state index is 0.0263. The summed E-state index contributed by atoms with van der Waals surface area (Å²) in [6, 6.07) is 12.1. The fourth-order valence-electron chi connectivity index (χ4n) is 2.90. The van der Waals surface area contributed by atoms with Gasteiger partial charge in [0.15, 0.2) is 0 Å². The molecule has 154 valence electrons.